The predicted molar refractivity (Wildman–Crippen MR) is 68.0 cm³/mol. The van der Waals surface area contributed by atoms with Gasteiger partial charge in [-0.05, 0) is 18.2 Å². The number of fused-ring (bicyclic) bond motifs is 2. The molecule has 0 saturated carbocycles. The van der Waals surface area contributed by atoms with Gasteiger partial charge in [-0.2, -0.15) is 0 Å². The molecule has 4 heterocycles. The maximum absolute atomic E-state index is 10.8. The van der Waals surface area contributed by atoms with E-state index >= 15 is 0 Å². The summed E-state index contributed by atoms with van der Waals surface area (Å²) in [7, 11) is 0. The number of hydrogen-bond acceptors (Lipinski definition) is 8. The lowest BCUT2D eigenvalue weighted by atomic mass is 10.2. The quantitative estimate of drug-likeness (QED) is 0.518. The zero-order valence-corrected chi connectivity index (χ0v) is 10.8. The minimum atomic E-state index is -0.661. The van der Waals surface area contributed by atoms with Gasteiger partial charge in [0.25, 0.3) is 0 Å². The van der Waals surface area contributed by atoms with Crippen LogP contribution in [-0.4, -0.2) is 33.8 Å². The number of esters is 4. The van der Waals surface area contributed by atoms with Crippen molar-refractivity contribution in [3.05, 3.63) is 59.2 Å². The summed E-state index contributed by atoms with van der Waals surface area (Å²) in [6.45, 7) is 0. The fraction of sp³-hybridized carbons (Fsp3) is 0. The molecule has 22 heavy (non-hydrogen) atoms. The molecule has 0 radical (unpaired) electrons. The minimum Gasteiger partial charge on any atom is -0.386 e. The molecule has 0 fully saturated rings. The molecule has 0 spiro atoms. The van der Waals surface area contributed by atoms with E-state index in [1.165, 1.54) is 30.7 Å². The molecule has 0 saturated heterocycles. The first-order chi connectivity index (χ1) is 10.6. The van der Waals surface area contributed by atoms with E-state index in [0.29, 0.717) is 5.56 Å². The van der Waals surface area contributed by atoms with E-state index in [-0.39, 0.29) is 16.8 Å². The van der Waals surface area contributed by atoms with E-state index in [1.54, 1.807) is 6.07 Å². The molecule has 2 aliphatic heterocycles. The molecule has 0 unspecified atom stereocenters. The van der Waals surface area contributed by atoms with Crippen molar-refractivity contribution in [2.75, 3.05) is 0 Å². The number of rotatable bonds is 0. The average molecular weight is 298 g/mol. The van der Waals surface area contributed by atoms with Crippen LogP contribution < -0.4 is 0 Å². The monoisotopic (exact) mass is 298 g/mol. The summed E-state index contributed by atoms with van der Waals surface area (Å²) in [5.74, 6) is -2.48. The van der Waals surface area contributed by atoms with Crippen molar-refractivity contribution >= 4 is 23.9 Å². The molecule has 4 rings (SSSR count). The van der Waals surface area contributed by atoms with E-state index < -0.39 is 23.9 Å². The predicted octanol–water partition coefficient (Wildman–Crippen LogP) is 0.784. The van der Waals surface area contributed by atoms with Crippen LogP contribution in [0, 0.1) is 0 Å². The third kappa shape index (κ3) is 2.22. The summed E-state index contributed by atoms with van der Waals surface area (Å²) in [6, 6.07) is 4.55. The number of pyridine rings is 2. The topological polar surface area (TPSA) is 113 Å². The zero-order chi connectivity index (χ0) is 15.7. The third-order valence-electron chi connectivity index (χ3n) is 2.85. The second kappa shape index (κ2) is 5.17. The van der Waals surface area contributed by atoms with Crippen LogP contribution >= 0.6 is 0 Å². The fourth-order valence-corrected chi connectivity index (χ4v) is 1.85. The van der Waals surface area contributed by atoms with E-state index in [4.69, 9.17) is 0 Å². The van der Waals surface area contributed by atoms with E-state index in [2.05, 4.69) is 19.4 Å². The number of nitrogens with zero attached hydrogens (tertiary/aromatic N) is 2. The molecule has 2 aliphatic rings. The van der Waals surface area contributed by atoms with Crippen LogP contribution in [0.5, 0.6) is 0 Å². The van der Waals surface area contributed by atoms with Crippen molar-refractivity contribution in [2.24, 2.45) is 0 Å². The summed E-state index contributed by atoms with van der Waals surface area (Å²) < 4.78 is 8.61. The average Bonchev–Trinajstić information content (AvgIpc) is 2.99. The smallest absolute Gasteiger partial charge is 0.365 e. The van der Waals surface area contributed by atoms with Crippen LogP contribution in [0.3, 0.4) is 0 Å². The summed E-state index contributed by atoms with van der Waals surface area (Å²) >= 11 is 0. The maximum atomic E-state index is 10.8. The Balaban J connectivity index is 0.000000131. The summed E-state index contributed by atoms with van der Waals surface area (Å²) in [5, 5.41) is 0. The van der Waals surface area contributed by atoms with Gasteiger partial charge in [-0.15, -0.1) is 0 Å². The Kier molecular flexibility index (Phi) is 3.18. The normalized spacial score (nSPS) is 14.5. The van der Waals surface area contributed by atoms with Gasteiger partial charge in [-0.3, -0.25) is 4.98 Å². The highest BCUT2D eigenvalue weighted by Gasteiger charge is 2.30. The Morgan fingerprint density at radius 1 is 0.727 bits per heavy atom. The van der Waals surface area contributed by atoms with E-state index in [0.717, 1.165) is 0 Å². The first-order valence-electron chi connectivity index (χ1n) is 6.00. The van der Waals surface area contributed by atoms with Crippen LogP contribution in [-0.2, 0) is 9.47 Å². The van der Waals surface area contributed by atoms with Crippen molar-refractivity contribution in [1.82, 2.24) is 9.97 Å². The van der Waals surface area contributed by atoms with Crippen LogP contribution in [0.4, 0.5) is 0 Å². The highest BCUT2D eigenvalue weighted by molar-refractivity contribution is 6.14. The Bertz CT molecular complexity index is 694. The van der Waals surface area contributed by atoms with Gasteiger partial charge in [-0.25, -0.2) is 24.2 Å². The minimum absolute atomic E-state index is 0.109. The summed E-state index contributed by atoms with van der Waals surface area (Å²) in [5.41, 5.74) is 0.900. The number of carbonyl (C=O) groups is 4. The van der Waals surface area contributed by atoms with Gasteiger partial charge in [0.15, 0.2) is 5.69 Å². The molecular weight excluding hydrogens is 292 g/mol. The number of cyclic esters (lactones) is 4. The Morgan fingerprint density at radius 3 is 2.14 bits per heavy atom. The Hall–Kier alpha value is -3.42. The number of aromatic nitrogens is 2. The molecule has 0 aliphatic carbocycles. The molecule has 8 heteroatoms. The lowest BCUT2D eigenvalue weighted by Gasteiger charge is -1.85. The van der Waals surface area contributed by atoms with Crippen molar-refractivity contribution in [1.29, 1.82) is 0 Å². The molecule has 0 N–H and O–H groups in total. The van der Waals surface area contributed by atoms with Crippen molar-refractivity contribution in [3.8, 4) is 0 Å². The lowest BCUT2D eigenvalue weighted by Crippen LogP contribution is -1.97. The number of hydrogen-bond donors (Lipinski definition) is 0. The molecule has 108 valence electrons. The number of ether oxygens (including phenoxy) is 2. The largest absolute Gasteiger partial charge is 0.386 e. The van der Waals surface area contributed by atoms with Gasteiger partial charge in [0.2, 0.25) is 0 Å². The van der Waals surface area contributed by atoms with E-state index in [9.17, 15) is 19.2 Å². The molecule has 2 aromatic heterocycles. The van der Waals surface area contributed by atoms with Crippen LogP contribution in [0.1, 0.15) is 41.6 Å². The molecule has 2 aromatic rings. The SMILES string of the molecule is O=C1OC(=O)c2cnccc21.O=C1OC(=O)c2ncccc21. The molecule has 0 aromatic carbocycles. The molecule has 0 amide bonds. The third-order valence-corrected chi connectivity index (χ3v) is 2.85. The highest BCUT2D eigenvalue weighted by atomic mass is 16.6. The second-order valence-electron chi connectivity index (χ2n) is 4.17. The maximum Gasteiger partial charge on any atom is 0.365 e. The van der Waals surface area contributed by atoms with Gasteiger partial charge in [0.05, 0.1) is 16.7 Å². The molecule has 8 nitrogen and oxygen atoms in total. The van der Waals surface area contributed by atoms with Crippen molar-refractivity contribution < 1.29 is 28.7 Å². The number of carbonyl (C=O) groups excluding carboxylic acids is 4. The van der Waals surface area contributed by atoms with Crippen molar-refractivity contribution in [2.45, 2.75) is 0 Å². The van der Waals surface area contributed by atoms with Gasteiger partial charge in [0.1, 0.15) is 0 Å². The van der Waals surface area contributed by atoms with Gasteiger partial charge < -0.3 is 9.47 Å². The van der Waals surface area contributed by atoms with Gasteiger partial charge in [-0.1, -0.05) is 0 Å². The molecular formula is C14H6N2O6. The lowest BCUT2D eigenvalue weighted by molar-refractivity contribution is 0.0424. The fourth-order valence-electron chi connectivity index (χ4n) is 1.85. The van der Waals surface area contributed by atoms with Crippen LogP contribution in [0.25, 0.3) is 0 Å². The summed E-state index contributed by atoms with van der Waals surface area (Å²) in [6.07, 6.45) is 4.21. The zero-order valence-electron chi connectivity index (χ0n) is 10.8. The first-order valence-corrected chi connectivity index (χ1v) is 6.00. The highest BCUT2D eigenvalue weighted by Crippen LogP contribution is 2.17. The van der Waals surface area contributed by atoms with Crippen molar-refractivity contribution in [3.63, 3.8) is 0 Å². The van der Waals surface area contributed by atoms with Crippen LogP contribution in [0.15, 0.2) is 36.8 Å². The standard InChI is InChI=1S/2C7H3NO3/c9-6-4-1-2-8-3-5(4)7(10)11-6;9-6-4-2-1-3-8-5(4)7(10)11-6/h2*1-3H. The van der Waals surface area contributed by atoms with Gasteiger partial charge >= 0.3 is 23.9 Å². The Morgan fingerprint density at radius 2 is 1.41 bits per heavy atom. The van der Waals surface area contributed by atoms with Crippen LogP contribution in [0.2, 0.25) is 0 Å². The molecule has 0 bridgehead atoms. The summed E-state index contributed by atoms with van der Waals surface area (Å²) in [4.78, 5) is 50.5. The Labute approximate surface area is 122 Å². The van der Waals surface area contributed by atoms with E-state index in [1.807, 2.05) is 0 Å². The molecule has 0 atom stereocenters. The second-order valence-corrected chi connectivity index (χ2v) is 4.17. The van der Waals surface area contributed by atoms with Gasteiger partial charge in [0, 0.05) is 18.6 Å². The first kappa shape index (κ1) is 13.6.